The summed E-state index contributed by atoms with van der Waals surface area (Å²) in [4.78, 5) is 13.2. The molecule has 0 aromatic heterocycles. The van der Waals surface area contributed by atoms with Crippen molar-refractivity contribution in [3.8, 4) is 17.9 Å². The molecule has 0 saturated heterocycles. The summed E-state index contributed by atoms with van der Waals surface area (Å²) < 4.78 is 29.4. The van der Waals surface area contributed by atoms with Crippen molar-refractivity contribution in [2.45, 2.75) is 27.7 Å². The van der Waals surface area contributed by atoms with Gasteiger partial charge in [0, 0.05) is 22.6 Å². The van der Waals surface area contributed by atoms with Gasteiger partial charge in [0.25, 0.3) is 0 Å². The second-order valence-electron chi connectivity index (χ2n) is 10.6. The zero-order valence-corrected chi connectivity index (χ0v) is 24.8. The van der Waals surface area contributed by atoms with Gasteiger partial charge in [-0.3, -0.25) is 0 Å². The van der Waals surface area contributed by atoms with Crippen LogP contribution in [-0.2, 0) is 4.79 Å². The van der Waals surface area contributed by atoms with Crippen molar-refractivity contribution >= 4 is 41.3 Å². The maximum atomic E-state index is 14.7. The van der Waals surface area contributed by atoms with Gasteiger partial charge in [-0.2, -0.15) is 5.26 Å². The molecule has 0 bridgehead atoms. The van der Waals surface area contributed by atoms with Gasteiger partial charge in [-0.1, -0.05) is 59.4 Å². The average Bonchev–Trinajstić information content (AvgIpc) is 2.97. The number of carboxylic acids is 1. The highest BCUT2D eigenvalue weighted by Crippen LogP contribution is 2.35. The molecule has 0 spiro atoms. The molecule has 4 nitrogen and oxygen atoms in total. The number of nitrogens with zero attached hydrogens (tertiary/aromatic N) is 2. The number of hydrogen-bond acceptors (Lipinski definition) is 3. The van der Waals surface area contributed by atoms with Gasteiger partial charge in [0.05, 0.1) is 5.56 Å². The van der Waals surface area contributed by atoms with Crippen LogP contribution >= 0.6 is 0 Å². The van der Waals surface area contributed by atoms with Crippen molar-refractivity contribution in [2.75, 3.05) is 4.90 Å². The van der Waals surface area contributed by atoms with E-state index in [1.165, 1.54) is 17.2 Å². The van der Waals surface area contributed by atoms with Crippen LogP contribution in [0.1, 0.15) is 55.5 Å². The van der Waals surface area contributed by atoms with Gasteiger partial charge in [0.2, 0.25) is 0 Å². The smallest absolute Gasteiger partial charge is 0.346 e. The Labute approximate surface area is 256 Å². The Hall–Kier alpha value is -5.72. The molecule has 0 aliphatic carbocycles. The Morgan fingerprint density at radius 1 is 0.682 bits per heavy atom. The largest absolute Gasteiger partial charge is 0.477 e. The number of allylic oxidation sites excluding steroid dienone is 2. The second kappa shape index (κ2) is 14.0. The topological polar surface area (TPSA) is 64.3 Å². The highest BCUT2D eigenvalue weighted by atomic mass is 19.1. The minimum atomic E-state index is -1.49. The van der Waals surface area contributed by atoms with Crippen molar-refractivity contribution in [1.29, 1.82) is 5.26 Å². The molecule has 4 rings (SSSR count). The van der Waals surface area contributed by atoms with E-state index in [1.54, 1.807) is 12.1 Å². The van der Waals surface area contributed by atoms with Crippen LogP contribution in [0.25, 0.3) is 18.2 Å². The molecule has 6 heteroatoms. The van der Waals surface area contributed by atoms with Gasteiger partial charge in [-0.05, 0) is 111 Å². The lowest BCUT2D eigenvalue weighted by atomic mass is 10.1. The lowest BCUT2D eigenvalue weighted by Crippen LogP contribution is -2.09. The van der Waals surface area contributed by atoms with Crippen LogP contribution in [0.3, 0.4) is 0 Å². The van der Waals surface area contributed by atoms with Gasteiger partial charge in [-0.25, -0.2) is 13.6 Å². The Morgan fingerprint density at radius 3 is 1.50 bits per heavy atom. The molecule has 0 saturated carbocycles. The first kappa shape index (κ1) is 31.2. The first-order valence-electron chi connectivity index (χ1n) is 13.8. The number of hydrogen-bond donors (Lipinski definition) is 1. The SMILES string of the molecule is CC(C)=Cc1ccc(N(c2ccc(C#Cc3c(F)cc(/C=C(/C#N)C(=O)O)cc3F)cc2)c2ccc(C=C(C)C)cc2)cc1. The minimum Gasteiger partial charge on any atom is -0.477 e. The van der Waals surface area contributed by atoms with Crippen LogP contribution < -0.4 is 4.90 Å². The van der Waals surface area contributed by atoms with E-state index in [0.29, 0.717) is 5.56 Å². The van der Waals surface area contributed by atoms with Gasteiger partial charge in [0.15, 0.2) is 0 Å². The molecular formula is C38H30F2N2O2. The summed E-state index contributed by atoms with van der Waals surface area (Å²) in [5.74, 6) is 1.95. The number of benzene rings is 4. The van der Waals surface area contributed by atoms with Crippen molar-refractivity contribution in [3.63, 3.8) is 0 Å². The zero-order valence-electron chi connectivity index (χ0n) is 24.8. The Balaban J connectivity index is 1.67. The summed E-state index contributed by atoms with van der Waals surface area (Å²) in [5, 5.41) is 17.9. The number of halogens is 2. The molecule has 4 aromatic carbocycles. The average molecular weight is 585 g/mol. The molecule has 0 unspecified atom stereocenters. The lowest BCUT2D eigenvalue weighted by Gasteiger charge is -2.26. The maximum absolute atomic E-state index is 14.7. The molecule has 0 aliphatic heterocycles. The highest BCUT2D eigenvalue weighted by Gasteiger charge is 2.14. The van der Waals surface area contributed by atoms with E-state index in [0.717, 1.165) is 46.4 Å². The minimum absolute atomic E-state index is 0.0864. The molecule has 218 valence electrons. The maximum Gasteiger partial charge on any atom is 0.346 e. The summed E-state index contributed by atoms with van der Waals surface area (Å²) in [6.07, 6.45) is 5.14. The molecule has 0 fully saturated rings. The molecule has 4 aromatic rings. The van der Waals surface area contributed by atoms with Crippen molar-refractivity contribution in [2.24, 2.45) is 0 Å². The molecule has 0 amide bonds. The molecule has 0 aliphatic rings. The third-order valence-corrected chi connectivity index (χ3v) is 6.40. The normalized spacial score (nSPS) is 10.6. The van der Waals surface area contributed by atoms with Crippen LogP contribution in [0.4, 0.5) is 25.8 Å². The quantitative estimate of drug-likeness (QED) is 0.133. The fourth-order valence-corrected chi connectivity index (χ4v) is 4.49. The third kappa shape index (κ3) is 7.97. The molecular weight excluding hydrogens is 554 g/mol. The van der Waals surface area contributed by atoms with E-state index < -0.39 is 28.7 Å². The van der Waals surface area contributed by atoms with Crippen molar-refractivity contribution < 1.29 is 18.7 Å². The lowest BCUT2D eigenvalue weighted by molar-refractivity contribution is -0.132. The van der Waals surface area contributed by atoms with E-state index in [-0.39, 0.29) is 5.56 Å². The molecule has 44 heavy (non-hydrogen) atoms. The first-order valence-corrected chi connectivity index (χ1v) is 13.8. The van der Waals surface area contributed by atoms with Gasteiger partial charge >= 0.3 is 5.97 Å². The number of rotatable bonds is 7. The van der Waals surface area contributed by atoms with Crippen LogP contribution in [0.5, 0.6) is 0 Å². The third-order valence-electron chi connectivity index (χ3n) is 6.40. The van der Waals surface area contributed by atoms with Crippen molar-refractivity contribution in [1.82, 2.24) is 0 Å². The molecule has 0 atom stereocenters. The van der Waals surface area contributed by atoms with Gasteiger partial charge < -0.3 is 10.0 Å². The highest BCUT2D eigenvalue weighted by molar-refractivity contribution is 5.96. The first-order chi connectivity index (χ1) is 21.0. The Kier molecular flexibility index (Phi) is 9.91. The van der Waals surface area contributed by atoms with Crippen molar-refractivity contribution in [3.05, 3.63) is 141 Å². The fourth-order valence-electron chi connectivity index (χ4n) is 4.49. The Bertz CT molecular complexity index is 1790. The summed E-state index contributed by atoms with van der Waals surface area (Å²) in [6, 6.07) is 27.3. The van der Waals surface area contributed by atoms with Crippen LogP contribution in [-0.4, -0.2) is 11.1 Å². The van der Waals surface area contributed by atoms with Crippen LogP contribution in [0, 0.1) is 34.8 Å². The van der Waals surface area contributed by atoms with E-state index in [1.807, 2.05) is 12.1 Å². The second-order valence-corrected chi connectivity index (χ2v) is 10.6. The van der Waals surface area contributed by atoms with Gasteiger partial charge in [-0.15, -0.1) is 0 Å². The summed E-state index contributed by atoms with van der Waals surface area (Å²) in [5.41, 5.74) is 6.81. The molecule has 0 heterocycles. The number of carboxylic acid groups (broad SMARTS) is 1. The predicted molar refractivity (Wildman–Crippen MR) is 173 cm³/mol. The van der Waals surface area contributed by atoms with E-state index >= 15 is 0 Å². The van der Waals surface area contributed by atoms with E-state index in [4.69, 9.17) is 10.4 Å². The summed E-state index contributed by atoms with van der Waals surface area (Å²) >= 11 is 0. The monoisotopic (exact) mass is 584 g/mol. The van der Waals surface area contributed by atoms with Crippen LogP contribution in [0.2, 0.25) is 0 Å². The predicted octanol–water partition coefficient (Wildman–Crippen LogP) is 9.67. The number of nitriles is 1. The van der Waals surface area contributed by atoms with E-state index in [9.17, 15) is 13.6 Å². The zero-order chi connectivity index (χ0) is 31.8. The number of carbonyl (C=O) groups is 1. The Morgan fingerprint density at radius 2 is 1.11 bits per heavy atom. The fraction of sp³-hybridized carbons (Fsp3) is 0.105. The standard InChI is InChI=1S/C38H30F2N2O2/c1-25(2)19-28-7-14-33(15-8-28)42(34-16-9-29(10-17-34)20-26(3)4)32-12-5-27(6-13-32)11-18-35-36(39)22-30(23-37(35)40)21-31(24-41)38(43)44/h5-10,12-17,19-23H,1-4H3,(H,43,44)/b31-21-. The van der Waals surface area contributed by atoms with E-state index in [2.05, 4.69) is 105 Å². The molecule has 0 radical (unpaired) electrons. The van der Waals surface area contributed by atoms with Gasteiger partial charge in [0.1, 0.15) is 23.3 Å². The number of anilines is 3. The van der Waals surface area contributed by atoms with Crippen LogP contribution in [0.15, 0.2) is 102 Å². The summed E-state index contributed by atoms with van der Waals surface area (Å²) in [6.45, 7) is 8.23. The summed E-state index contributed by atoms with van der Waals surface area (Å²) in [7, 11) is 0. The molecule has 1 N–H and O–H groups in total. The number of aliphatic carboxylic acids is 1.